The number of aryl methyl sites for hydroxylation is 1. The molecule has 2 aromatic carbocycles. The summed E-state index contributed by atoms with van der Waals surface area (Å²) < 4.78 is 12.7. The first-order chi connectivity index (χ1) is 9.22. The Morgan fingerprint density at radius 2 is 1.50 bits per heavy atom. The summed E-state index contributed by atoms with van der Waals surface area (Å²) in [6, 6.07) is 12.3. The molecule has 0 fully saturated rings. The molecule has 3 aromatic rings. The molecule has 0 N–H and O–H groups in total. The van der Waals surface area contributed by atoms with Crippen LogP contribution in [0.5, 0.6) is 11.5 Å². The molecule has 3 rings (SSSR count). The summed E-state index contributed by atoms with van der Waals surface area (Å²) in [6.07, 6.45) is 2.12. The highest BCUT2D eigenvalue weighted by atomic mass is 35.5. The molecule has 104 valence electrons. The molecule has 0 amide bonds. The fourth-order valence-corrected chi connectivity index (χ4v) is 2.46. The predicted octanol–water partition coefficient (Wildman–Crippen LogP) is -0.161. The third kappa shape index (κ3) is 2.25. The van der Waals surface area contributed by atoms with Gasteiger partial charge in [0.05, 0.1) is 25.0 Å². The van der Waals surface area contributed by atoms with Crippen LogP contribution >= 0.6 is 0 Å². The first kappa shape index (κ1) is 14.4. The van der Waals surface area contributed by atoms with Gasteiger partial charge in [0.1, 0.15) is 18.5 Å². The third-order valence-corrected chi connectivity index (χ3v) is 3.47. The van der Waals surface area contributed by atoms with Gasteiger partial charge in [-0.1, -0.05) is 0 Å². The number of halogens is 1. The molecule has 0 atom stereocenters. The van der Waals surface area contributed by atoms with E-state index in [0.717, 1.165) is 16.9 Å². The molecule has 1 heterocycles. The second-order valence-electron chi connectivity index (χ2n) is 4.58. The quantitative estimate of drug-likeness (QED) is 0.483. The van der Waals surface area contributed by atoms with Crippen molar-refractivity contribution in [2.75, 3.05) is 14.2 Å². The lowest BCUT2D eigenvalue weighted by molar-refractivity contribution is -0.643. The van der Waals surface area contributed by atoms with Crippen LogP contribution in [-0.4, -0.2) is 14.2 Å². The molecule has 0 aliphatic rings. The lowest BCUT2D eigenvalue weighted by atomic mass is 10.1. The zero-order valence-electron chi connectivity index (χ0n) is 11.7. The average molecular weight is 290 g/mol. The van der Waals surface area contributed by atoms with E-state index >= 15 is 0 Å². The number of nitrogens with zero attached hydrogens (tertiary/aromatic N) is 1. The molecule has 20 heavy (non-hydrogen) atoms. The van der Waals surface area contributed by atoms with Crippen LogP contribution in [0, 0.1) is 0 Å². The molecular weight excluding hydrogens is 274 g/mol. The van der Waals surface area contributed by atoms with Gasteiger partial charge in [0.2, 0.25) is 5.52 Å². The number of methoxy groups -OCH3 is 2. The second-order valence-corrected chi connectivity index (χ2v) is 4.58. The summed E-state index contributed by atoms with van der Waals surface area (Å²) in [5.74, 6) is 1.74. The van der Waals surface area contributed by atoms with E-state index in [1.54, 1.807) is 14.2 Å². The number of fused-ring (bicyclic) bond motifs is 3. The molecular formula is C16H16ClNO2. The van der Waals surface area contributed by atoms with Crippen molar-refractivity contribution in [3.05, 3.63) is 42.6 Å². The van der Waals surface area contributed by atoms with Crippen molar-refractivity contribution < 1.29 is 26.4 Å². The van der Waals surface area contributed by atoms with Gasteiger partial charge in [-0.05, 0) is 30.3 Å². The Morgan fingerprint density at radius 1 is 0.850 bits per heavy atom. The van der Waals surface area contributed by atoms with Gasteiger partial charge in [-0.2, -0.15) is 0 Å². The molecule has 1 aromatic heterocycles. The Balaban J connectivity index is 0.00000147. The molecule has 0 radical (unpaired) electrons. The number of pyridine rings is 1. The largest absolute Gasteiger partial charge is 1.00 e. The van der Waals surface area contributed by atoms with Crippen LogP contribution in [0.25, 0.3) is 21.7 Å². The van der Waals surface area contributed by atoms with E-state index in [2.05, 4.69) is 29.0 Å². The number of hydrogen-bond donors (Lipinski definition) is 0. The summed E-state index contributed by atoms with van der Waals surface area (Å²) >= 11 is 0. The highest BCUT2D eigenvalue weighted by Crippen LogP contribution is 2.28. The third-order valence-electron chi connectivity index (χ3n) is 3.47. The van der Waals surface area contributed by atoms with Crippen molar-refractivity contribution in [2.45, 2.75) is 0 Å². The SMILES string of the molecule is COc1ccc2c(c1)c[n+](C)c1ccc(OC)cc21.[Cl-]. The Kier molecular flexibility index (Phi) is 4.00. The molecule has 0 unspecified atom stereocenters. The molecule has 0 aliphatic carbocycles. The van der Waals surface area contributed by atoms with Crippen molar-refractivity contribution >= 4 is 21.7 Å². The van der Waals surface area contributed by atoms with E-state index in [9.17, 15) is 0 Å². The van der Waals surface area contributed by atoms with Gasteiger partial charge < -0.3 is 21.9 Å². The summed E-state index contributed by atoms with van der Waals surface area (Å²) in [5, 5.41) is 3.54. The maximum Gasteiger partial charge on any atom is 0.213 e. The maximum absolute atomic E-state index is 5.32. The van der Waals surface area contributed by atoms with Gasteiger partial charge in [0, 0.05) is 11.5 Å². The van der Waals surface area contributed by atoms with E-state index < -0.39 is 0 Å². The second kappa shape index (κ2) is 5.55. The van der Waals surface area contributed by atoms with Crippen LogP contribution < -0.4 is 26.4 Å². The smallest absolute Gasteiger partial charge is 0.213 e. The molecule has 3 nitrogen and oxygen atoms in total. The minimum Gasteiger partial charge on any atom is -1.00 e. The molecule has 0 bridgehead atoms. The number of ether oxygens (including phenoxy) is 2. The van der Waals surface area contributed by atoms with E-state index in [0.29, 0.717) is 0 Å². The highest BCUT2D eigenvalue weighted by molar-refractivity contribution is 6.04. The normalized spacial score (nSPS) is 10.3. The number of rotatable bonds is 2. The molecule has 0 aliphatic heterocycles. The Bertz CT molecular complexity index is 771. The summed E-state index contributed by atoms with van der Waals surface area (Å²) in [6.45, 7) is 0. The summed E-state index contributed by atoms with van der Waals surface area (Å²) in [5.41, 5.74) is 1.18. The first-order valence-corrected chi connectivity index (χ1v) is 6.17. The van der Waals surface area contributed by atoms with Crippen LogP contribution in [0.15, 0.2) is 42.6 Å². The predicted molar refractivity (Wildman–Crippen MR) is 75.7 cm³/mol. The molecule has 0 saturated carbocycles. The molecule has 0 saturated heterocycles. The average Bonchev–Trinajstić information content (AvgIpc) is 2.46. The first-order valence-electron chi connectivity index (χ1n) is 6.17. The fraction of sp³-hybridized carbons (Fsp3) is 0.188. The Morgan fingerprint density at radius 3 is 2.20 bits per heavy atom. The van der Waals surface area contributed by atoms with Crippen molar-refractivity contribution in [3.63, 3.8) is 0 Å². The highest BCUT2D eigenvalue weighted by Gasteiger charge is 2.11. The van der Waals surface area contributed by atoms with Crippen molar-refractivity contribution in [1.82, 2.24) is 0 Å². The van der Waals surface area contributed by atoms with Crippen molar-refractivity contribution in [2.24, 2.45) is 7.05 Å². The lowest BCUT2D eigenvalue weighted by Gasteiger charge is -2.06. The van der Waals surface area contributed by atoms with Crippen LogP contribution in [0.4, 0.5) is 0 Å². The fourth-order valence-electron chi connectivity index (χ4n) is 2.46. The van der Waals surface area contributed by atoms with Gasteiger partial charge in [-0.25, -0.2) is 4.57 Å². The van der Waals surface area contributed by atoms with Crippen molar-refractivity contribution in [3.8, 4) is 11.5 Å². The van der Waals surface area contributed by atoms with E-state index in [-0.39, 0.29) is 12.4 Å². The lowest BCUT2D eigenvalue weighted by Crippen LogP contribution is -3.00. The van der Waals surface area contributed by atoms with Crippen molar-refractivity contribution in [1.29, 1.82) is 0 Å². The van der Waals surface area contributed by atoms with Gasteiger partial charge >= 0.3 is 0 Å². The number of hydrogen-bond acceptors (Lipinski definition) is 2. The maximum atomic E-state index is 5.32. The zero-order chi connectivity index (χ0) is 13.4. The van der Waals surface area contributed by atoms with Crippen LogP contribution in [0.2, 0.25) is 0 Å². The van der Waals surface area contributed by atoms with Gasteiger partial charge in [0.15, 0.2) is 6.20 Å². The van der Waals surface area contributed by atoms with Crippen LogP contribution in [-0.2, 0) is 7.05 Å². The van der Waals surface area contributed by atoms with E-state index in [1.807, 2.05) is 25.2 Å². The summed E-state index contributed by atoms with van der Waals surface area (Å²) in [7, 11) is 5.42. The van der Waals surface area contributed by atoms with E-state index in [4.69, 9.17) is 9.47 Å². The van der Waals surface area contributed by atoms with Gasteiger partial charge in [0.25, 0.3) is 0 Å². The van der Waals surface area contributed by atoms with Gasteiger partial charge in [-0.15, -0.1) is 0 Å². The topological polar surface area (TPSA) is 22.3 Å². The Hall–Kier alpha value is -2.00. The minimum absolute atomic E-state index is 0. The number of benzene rings is 2. The monoisotopic (exact) mass is 289 g/mol. The van der Waals surface area contributed by atoms with Gasteiger partial charge in [-0.3, -0.25) is 0 Å². The summed E-state index contributed by atoms with van der Waals surface area (Å²) in [4.78, 5) is 0. The molecule has 0 spiro atoms. The molecule has 4 heteroatoms. The minimum atomic E-state index is 0. The zero-order valence-corrected chi connectivity index (χ0v) is 12.4. The van der Waals surface area contributed by atoms with Crippen LogP contribution in [0.1, 0.15) is 0 Å². The Labute approximate surface area is 124 Å². The van der Waals surface area contributed by atoms with Crippen LogP contribution in [0.3, 0.4) is 0 Å². The van der Waals surface area contributed by atoms with E-state index in [1.165, 1.54) is 16.3 Å². The number of aromatic nitrogens is 1. The standard InChI is InChI=1S/C16H16NO2.ClH/c1-17-10-11-8-12(18-2)4-6-14(11)15-9-13(19-3)5-7-16(15)17;/h4-10H,1-3H3;1H/q+1;/p-1.